The van der Waals surface area contributed by atoms with Gasteiger partial charge in [0.15, 0.2) is 0 Å². The normalized spacial score (nSPS) is 12.0. The van der Waals surface area contributed by atoms with E-state index in [1.54, 1.807) is 12.1 Å². The van der Waals surface area contributed by atoms with Crippen LogP contribution in [0.2, 0.25) is 5.02 Å². The molecule has 0 unspecified atom stereocenters. The first-order valence-electron chi connectivity index (χ1n) is 9.11. The number of benzene rings is 2. The first-order valence-corrected chi connectivity index (χ1v) is 10.6. The first kappa shape index (κ1) is 20.4. The van der Waals surface area contributed by atoms with Gasteiger partial charge in [0.05, 0.1) is 11.5 Å². The lowest BCUT2D eigenvalue weighted by atomic mass is 9.99. The molecular formula is C21H22ClN3O2S. The van der Waals surface area contributed by atoms with Crippen molar-refractivity contribution in [2.24, 2.45) is 0 Å². The molecule has 1 amide bonds. The standard InChI is InChI=1S/C21H22ClN3O2S/c1-3-14(2)15-6-10-18(11-7-15)23-19(26)12-28-13-20-24-21(25-27-20)16-4-8-17(22)9-5-16/h4-11,14H,3,12-13H2,1-2H3,(H,23,26)/t14-/m0/s1. The molecular weight excluding hydrogens is 394 g/mol. The molecule has 0 aliphatic carbocycles. The van der Waals surface area contributed by atoms with Crippen molar-refractivity contribution in [3.63, 3.8) is 0 Å². The molecule has 0 saturated heterocycles. The number of hydrogen-bond acceptors (Lipinski definition) is 5. The molecule has 0 aliphatic heterocycles. The molecule has 146 valence electrons. The van der Waals surface area contributed by atoms with Gasteiger partial charge in [-0.1, -0.05) is 42.7 Å². The van der Waals surface area contributed by atoms with Crippen molar-refractivity contribution >= 4 is 35.0 Å². The topological polar surface area (TPSA) is 68.0 Å². The number of nitrogens with zero attached hydrogens (tertiary/aromatic N) is 2. The van der Waals surface area contributed by atoms with Crippen molar-refractivity contribution in [3.8, 4) is 11.4 Å². The van der Waals surface area contributed by atoms with Crippen LogP contribution in [-0.2, 0) is 10.5 Å². The summed E-state index contributed by atoms with van der Waals surface area (Å²) in [4.78, 5) is 16.5. The van der Waals surface area contributed by atoms with Gasteiger partial charge in [-0.2, -0.15) is 4.98 Å². The minimum atomic E-state index is -0.0567. The fourth-order valence-electron chi connectivity index (χ4n) is 2.59. The van der Waals surface area contributed by atoms with Crippen molar-refractivity contribution in [3.05, 3.63) is 65.0 Å². The summed E-state index contributed by atoms with van der Waals surface area (Å²) in [5.74, 6) is 2.25. The van der Waals surface area contributed by atoms with Gasteiger partial charge in [-0.25, -0.2) is 0 Å². The van der Waals surface area contributed by atoms with Crippen LogP contribution in [0.25, 0.3) is 11.4 Å². The Morgan fingerprint density at radius 3 is 2.57 bits per heavy atom. The summed E-state index contributed by atoms with van der Waals surface area (Å²) in [7, 11) is 0. The van der Waals surface area contributed by atoms with Gasteiger partial charge in [-0.3, -0.25) is 4.79 Å². The van der Waals surface area contributed by atoms with Crippen LogP contribution in [0.5, 0.6) is 0 Å². The van der Waals surface area contributed by atoms with E-state index in [0.717, 1.165) is 17.7 Å². The first-order chi connectivity index (χ1) is 13.5. The van der Waals surface area contributed by atoms with E-state index in [-0.39, 0.29) is 5.91 Å². The molecule has 0 bridgehead atoms. The van der Waals surface area contributed by atoms with E-state index in [4.69, 9.17) is 16.1 Å². The average Bonchev–Trinajstić information content (AvgIpc) is 3.17. The van der Waals surface area contributed by atoms with Crippen LogP contribution >= 0.6 is 23.4 Å². The number of hydrogen-bond donors (Lipinski definition) is 1. The largest absolute Gasteiger partial charge is 0.338 e. The van der Waals surface area contributed by atoms with E-state index in [2.05, 4.69) is 41.4 Å². The Kier molecular flexibility index (Phi) is 7.12. The lowest BCUT2D eigenvalue weighted by Crippen LogP contribution is -2.14. The summed E-state index contributed by atoms with van der Waals surface area (Å²) in [5, 5.41) is 7.53. The highest BCUT2D eigenvalue weighted by Gasteiger charge is 2.10. The van der Waals surface area contributed by atoms with Gasteiger partial charge in [0.25, 0.3) is 0 Å². The number of carbonyl (C=O) groups excluding carboxylic acids is 1. The van der Waals surface area contributed by atoms with E-state index in [1.807, 2.05) is 24.3 Å². The highest BCUT2D eigenvalue weighted by atomic mass is 35.5. The summed E-state index contributed by atoms with van der Waals surface area (Å²) in [5.41, 5.74) is 2.92. The maximum absolute atomic E-state index is 12.1. The molecule has 0 aliphatic rings. The lowest BCUT2D eigenvalue weighted by Gasteiger charge is -2.10. The molecule has 0 saturated carbocycles. The Balaban J connectivity index is 1.46. The van der Waals surface area contributed by atoms with Gasteiger partial charge in [0, 0.05) is 16.3 Å². The zero-order chi connectivity index (χ0) is 19.9. The van der Waals surface area contributed by atoms with Gasteiger partial charge < -0.3 is 9.84 Å². The number of rotatable bonds is 8. The Morgan fingerprint density at radius 2 is 1.89 bits per heavy atom. The maximum atomic E-state index is 12.1. The summed E-state index contributed by atoms with van der Waals surface area (Å²) in [6.45, 7) is 4.36. The van der Waals surface area contributed by atoms with E-state index in [9.17, 15) is 4.79 Å². The number of nitrogens with one attached hydrogen (secondary N) is 1. The highest BCUT2D eigenvalue weighted by Crippen LogP contribution is 2.22. The van der Waals surface area contributed by atoms with Crippen molar-refractivity contribution in [1.82, 2.24) is 10.1 Å². The van der Waals surface area contributed by atoms with Gasteiger partial charge in [-0.15, -0.1) is 11.8 Å². The van der Waals surface area contributed by atoms with Crippen molar-refractivity contribution in [1.29, 1.82) is 0 Å². The molecule has 3 aromatic rings. The minimum Gasteiger partial charge on any atom is -0.338 e. The Bertz CT molecular complexity index is 910. The molecule has 1 heterocycles. The number of carbonyl (C=O) groups is 1. The third kappa shape index (κ3) is 5.59. The van der Waals surface area contributed by atoms with Gasteiger partial charge in [-0.05, 0) is 54.3 Å². The van der Waals surface area contributed by atoms with Crippen molar-refractivity contribution < 1.29 is 9.32 Å². The Morgan fingerprint density at radius 1 is 1.18 bits per heavy atom. The van der Waals surface area contributed by atoms with Crippen LogP contribution < -0.4 is 5.32 Å². The average molecular weight is 416 g/mol. The van der Waals surface area contributed by atoms with Crippen molar-refractivity contribution in [2.45, 2.75) is 31.9 Å². The molecule has 1 atom stereocenters. The number of aromatic nitrogens is 2. The summed E-state index contributed by atoms with van der Waals surface area (Å²) in [6.07, 6.45) is 1.09. The zero-order valence-corrected chi connectivity index (χ0v) is 17.4. The van der Waals surface area contributed by atoms with Crippen LogP contribution in [0.4, 0.5) is 5.69 Å². The Labute approximate surface area is 173 Å². The number of halogens is 1. The van der Waals surface area contributed by atoms with E-state index < -0.39 is 0 Å². The summed E-state index contributed by atoms with van der Waals surface area (Å²) in [6, 6.07) is 15.2. The molecule has 28 heavy (non-hydrogen) atoms. The minimum absolute atomic E-state index is 0.0567. The third-order valence-corrected chi connectivity index (χ3v) is 5.57. The second-order valence-electron chi connectivity index (χ2n) is 6.49. The van der Waals surface area contributed by atoms with E-state index in [0.29, 0.717) is 34.2 Å². The molecule has 0 spiro atoms. The fraction of sp³-hybridized carbons (Fsp3) is 0.286. The number of thioether (sulfide) groups is 1. The number of amides is 1. The number of anilines is 1. The van der Waals surface area contributed by atoms with Gasteiger partial charge in [0.2, 0.25) is 17.6 Å². The SMILES string of the molecule is CC[C@H](C)c1ccc(NC(=O)CSCc2nc(-c3ccc(Cl)cc3)no2)cc1. The summed E-state index contributed by atoms with van der Waals surface area (Å²) < 4.78 is 5.25. The quantitative estimate of drug-likeness (QED) is 0.505. The fourth-order valence-corrected chi connectivity index (χ4v) is 3.37. The van der Waals surface area contributed by atoms with Gasteiger partial charge >= 0.3 is 0 Å². The molecule has 3 rings (SSSR count). The molecule has 0 radical (unpaired) electrons. The van der Waals surface area contributed by atoms with Crippen LogP contribution in [0, 0.1) is 0 Å². The molecule has 7 heteroatoms. The second-order valence-corrected chi connectivity index (χ2v) is 7.91. The van der Waals surface area contributed by atoms with Crippen molar-refractivity contribution in [2.75, 3.05) is 11.1 Å². The maximum Gasteiger partial charge on any atom is 0.236 e. The predicted octanol–water partition coefficient (Wildman–Crippen LogP) is 5.78. The highest BCUT2D eigenvalue weighted by molar-refractivity contribution is 7.99. The molecule has 1 N–H and O–H groups in total. The van der Waals surface area contributed by atoms with Crippen LogP contribution in [-0.4, -0.2) is 21.8 Å². The molecule has 1 aromatic heterocycles. The van der Waals surface area contributed by atoms with Gasteiger partial charge in [0.1, 0.15) is 0 Å². The third-order valence-electron chi connectivity index (χ3n) is 4.41. The van der Waals surface area contributed by atoms with Crippen LogP contribution in [0.15, 0.2) is 53.1 Å². The molecule has 2 aromatic carbocycles. The van der Waals surface area contributed by atoms with Crippen LogP contribution in [0.1, 0.15) is 37.6 Å². The molecule has 5 nitrogen and oxygen atoms in total. The van der Waals surface area contributed by atoms with E-state index >= 15 is 0 Å². The predicted molar refractivity (Wildman–Crippen MR) is 115 cm³/mol. The monoisotopic (exact) mass is 415 g/mol. The smallest absolute Gasteiger partial charge is 0.236 e. The van der Waals surface area contributed by atoms with E-state index in [1.165, 1.54) is 17.3 Å². The Hall–Kier alpha value is -2.31. The van der Waals surface area contributed by atoms with Crippen LogP contribution in [0.3, 0.4) is 0 Å². The molecule has 0 fully saturated rings. The second kappa shape index (κ2) is 9.75. The lowest BCUT2D eigenvalue weighted by molar-refractivity contribution is -0.113. The summed E-state index contributed by atoms with van der Waals surface area (Å²) >= 11 is 7.31. The zero-order valence-electron chi connectivity index (χ0n) is 15.8.